The van der Waals surface area contributed by atoms with Crippen molar-refractivity contribution in [2.75, 3.05) is 26.3 Å². The smallest absolute Gasteiger partial charge is 0.274 e. The van der Waals surface area contributed by atoms with Crippen molar-refractivity contribution >= 4 is 22.9 Å². The number of nitro groups is 1. The van der Waals surface area contributed by atoms with Crippen molar-refractivity contribution in [3.8, 4) is 0 Å². The number of benzene rings is 1. The van der Waals surface area contributed by atoms with Crippen LogP contribution in [0, 0.1) is 10.1 Å². The Morgan fingerprint density at radius 1 is 1.42 bits per heavy atom. The first kappa shape index (κ1) is 13.9. The van der Waals surface area contributed by atoms with E-state index >= 15 is 0 Å². The Hall–Kier alpha value is -1.57. The van der Waals surface area contributed by atoms with Crippen molar-refractivity contribution in [2.45, 2.75) is 6.04 Å². The topological polar surface area (TPSA) is 81.6 Å². The summed E-state index contributed by atoms with van der Waals surface area (Å²) in [6.45, 7) is 2.49. The number of rotatable bonds is 4. The predicted octanol–water partition coefficient (Wildman–Crippen LogP) is 1.25. The van der Waals surface area contributed by atoms with Gasteiger partial charge in [0.15, 0.2) is 0 Å². The van der Waals surface area contributed by atoms with Gasteiger partial charge < -0.3 is 10.5 Å². The number of para-hydroxylation sites is 1. The molecule has 1 aromatic carbocycles. The fourth-order valence-electron chi connectivity index (χ4n) is 2.25. The van der Waals surface area contributed by atoms with E-state index in [1.807, 2.05) is 4.90 Å². The largest absolute Gasteiger partial charge is 0.392 e. The zero-order valence-corrected chi connectivity index (χ0v) is 11.1. The molecule has 0 amide bonds. The molecule has 6 nitrogen and oxygen atoms in total. The first-order valence-electron chi connectivity index (χ1n) is 5.95. The molecular weight excluding hydrogens is 266 g/mol. The van der Waals surface area contributed by atoms with Crippen molar-refractivity contribution in [1.82, 2.24) is 4.90 Å². The molecule has 1 unspecified atom stereocenters. The van der Waals surface area contributed by atoms with Crippen molar-refractivity contribution in [3.63, 3.8) is 0 Å². The highest BCUT2D eigenvalue weighted by Gasteiger charge is 2.30. The molecule has 1 aromatic rings. The maximum Gasteiger partial charge on any atom is 0.274 e. The molecule has 1 aliphatic rings. The van der Waals surface area contributed by atoms with E-state index in [1.165, 1.54) is 6.07 Å². The molecule has 102 valence electrons. The van der Waals surface area contributed by atoms with Crippen LogP contribution in [-0.2, 0) is 4.74 Å². The molecule has 0 radical (unpaired) electrons. The molecule has 1 atom stereocenters. The van der Waals surface area contributed by atoms with Gasteiger partial charge in [-0.1, -0.05) is 30.4 Å². The molecule has 19 heavy (non-hydrogen) atoms. The van der Waals surface area contributed by atoms with Crippen LogP contribution in [0.4, 0.5) is 5.69 Å². The quantitative estimate of drug-likeness (QED) is 0.508. The standard InChI is InChI=1S/C12H15N3O3S/c13-12(19)11(14-5-7-18-8-6-14)9-3-1-2-4-10(9)15(16)17/h1-4,11H,5-8H2,(H2,13,19). The molecule has 0 aliphatic carbocycles. The molecule has 0 saturated carbocycles. The molecule has 0 bridgehead atoms. The molecule has 0 spiro atoms. The highest BCUT2D eigenvalue weighted by molar-refractivity contribution is 7.80. The van der Waals surface area contributed by atoms with Crippen LogP contribution in [0.1, 0.15) is 11.6 Å². The van der Waals surface area contributed by atoms with E-state index in [9.17, 15) is 10.1 Å². The van der Waals surface area contributed by atoms with Gasteiger partial charge in [-0.2, -0.15) is 0 Å². The first-order valence-corrected chi connectivity index (χ1v) is 6.36. The third-order valence-corrected chi connectivity index (χ3v) is 3.33. The number of nitro benzene ring substituents is 1. The van der Waals surface area contributed by atoms with E-state index in [0.717, 1.165) is 0 Å². The van der Waals surface area contributed by atoms with Gasteiger partial charge in [-0.05, 0) is 0 Å². The maximum atomic E-state index is 11.1. The normalized spacial score (nSPS) is 17.9. The second kappa shape index (κ2) is 6.05. The molecule has 1 heterocycles. The average molecular weight is 281 g/mol. The van der Waals surface area contributed by atoms with Gasteiger partial charge in [-0.15, -0.1) is 0 Å². The lowest BCUT2D eigenvalue weighted by Gasteiger charge is -2.33. The Labute approximate surface area is 116 Å². The van der Waals surface area contributed by atoms with Crippen molar-refractivity contribution in [1.29, 1.82) is 0 Å². The average Bonchev–Trinajstić information content (AvgIpc) is 2.40. The molecule has 1 saturated heterocycles. The third kappa shape index (κ3) is 3.06. The lowest BCUT2D eigenvalue weighted by molar-refractivity contribution is -0.385. The molecule has 7 heteroatoms. The zero-order chi connectivity index (χ0) is 13.8. The molecule has 2 N–H and O–H groups in total. The van der Waals surface area contributed by atoms with Crippen LogP contribution < -0.4 is 5.73 Å². The van der Waals surface area contributed by atoms with Crippen LogP contribution in [0.3, 0.4) is 0 Å². The second-order valence-corrected chi connectivity index (χ2v) is 4.74. The van der Waals surface area contributed by atoms with E-state index in [-0.39, 0.29) is 10.7 Å². The van der Waals surface area contributed by atoms with E-state index in [2.05, 4.69) is 0 Å². The van der Waals surface area contributed by atoms with Crippen LogP contribution in [0.2, 0.25) is 0 Å². The van der Waals surface area contributed by atoms with Gasteiger partial charge >= 0.3 is 0 Å². The lowest BCUT2D eigenvalue weighted by atomic mass is 10.0. The minimum atomic E-state index is -0.416. The molecular formula is C12H15N3O3S. The van der Waals surface area contributed by atoms with Crippen LogP contribution >= 0.6 is 12.2 Å². The number of morpholine rings is 1. The Bertz CT molecular complexity index is 489. The number of nitrogens with two attached hydrogens (primary N) is 1. The minimum absolute atomic E-state index is 0.0480. The summed E-state index contributed by atoms with van der Waals surface area (Å²) < 4.78 is 5.28. The summed E-state index contributed by atoms with van der Waals surface area (Å²) in [6, 6.07) is 6.16. The van der Waals surface area contributed by atoms with Crippen LogP contribution in [0.25, 0.3) is 0 Å². The highest BCUT2D eigenvalue weighted by Crippen LogP contribution is 2.29. The van der Waals surface area contributed by atoms with E-state index in [4.69, 9.17) is 22.7 Å². The second-order valence-electron chi connectivity index (χ2n) is 4.27. The van der Waals surface area contributed by atoms with E-state index in [1.54, 1.807) is 18.2 Å². The summed E-state index contributed by atoms with van der Waals surface area (Å²) in [6.07, 6.45) is 0. The van der Waals surface area contributed by atoms with Gasteiger partial charge in [-0.25, -0.2) is 0 Å². The van der Waals surface area contributed by atoms with Gasteiger partial charge in [0.05, 0.1) is 34.7 Å². The van der Waals surface area contributed by atoms with Gasteiger partial charge in [0, 0.05) is 19.2 Å². The maximum absolute atomic E-state index is 11.1. The van der Waals surface area contributed by atoms with Gasteiger partial charge in [0.2, 0.25) is 0 Å². The van der Waals surface area contributed by atoms with Gasteiger partial charge in [0.25, 0.3) is 5.69 Å². The van der Waals surface area contributed by atoms with E-state index in [0.29, 0.717) is 31.9 Å². The molecule has 1 fully saturated rings. The number of thiocarbonyl (C=S) groups is 1. The predicted molar refractivity (Wildman–Crippen MR) is 75.0 cm³/mol. The SMILES string of the molecule is NC(=S)C(c1ccccc1[N+](=O)[O-])N1CCOCC1. The van der Waals surface area contributed by atoms with Crippen LogP contribution in [0.5, 0.6) is 0 Å². The Morgan fingerprint density at radius 3 is 2.63 bits per heavy atom. The summed E-state index contributed by atoms with van der Waals surface area (Å²) >= 11 is 5.10. The fourth-order valence-corrected chi connectivity index (χ4v) is 2.53. The zero-order valence-electron chi connectivity index (χ0n) is 10.3. The van der Waals surface area contributed by atoms with Crippen molar-refractivity contribution in [3.05, 3.63) is 39.9 Å². The Balaban J connectivity index is 2.38. The van der Waals surface area contributed by atoms with Crippen molar-refractivity contribution in [2.24, 2.45) is 5.73 Å². The van der Waals surface area contributed by atoms with Crippen molar-refractivity contribution < 1.29 is 9.66 Å². The van der Waals surface area contributed by atoms with E-state index < -0.39 is 11.0 Å². The van der Waals surface area contributed by atoms with Crippen LogP contribution in [-0.4, -0.2) is 41.1 Å². The Morgan fingerprint density at radius 2 is 2.05 bits per heavy atom. The summed E-state index contributed by atoms with van der Waals surface area (Å²) in [4.78, 5) is 13.0. The Kier molecular flexibility index (Phi) is 4.41. The summed E-state index contributed by atoms with van der Waals surface area (Å²) in [7, 11) is 0. The number of nitrogens with zero attached hydrogens (tertiary/aromatic N) is 2. The monoisotopic (exact) mass is 281 g/mol. The fraction of sp³-hybridized carbons (Fsp3) is 0.417. The molecule has 2 rings (SSSR count). The number of hydrogen-bond donors (Lipinski definition) is 1. The number of ether oxygens (including phenoxy) is 1. The van der Waals surface area contributed by atoms with Gasteiger partial charge in [-0.3, -0.25) is 15.0 Å². The summed E-state index contributed by atoms with van der Waals surface area (Å²) in [5.41, 5.74) is 6.39. The third-order valence-electron chi connectivity index (χ3n) is 3.11. The first-order chi connectivity index (χ1) is 9.11. The minimum Gasteiger partial charge on any atom is -0.392 e. The lowest BCUT2D eigenvalue weighted by Crippen LogP contribution is -2.43. The summed E-state index contributed by atoms with van der Waals surface area (Å²) in [5, 5.41) is 11.1. The molecule has 1 aliphatic heterocycles. The van der Waals surface area contributed by atoms with Gasteiger partial charge in [0.1, 0.15) is 0 Å². The number of hydrogen-bond acceptors (Lipinski definition) is 5. The van der Waals surface area contributed by atoms with Crippen LogP contribution in [0.15, 0.2) is 24.3 Å². The summed E-state index contributed by atoms with van der Waals surface area (Å²) in [5.74, 6) is 0. The highest BCUT2D eigenvalue weighted by atomic mass is 32.1. The molecule has 0 aromatic heterocycles.